The molecule has 0 aliphatic carbocycles. The van der Waals surface area contributed by atoms with Crippen molar-refractivity contribution in [1.29, 1.82) is 0 Å². The highest BCUT2D eigenvalue weighted by Gasteiger charge is 2.26. The van der Waals surface area contributed by atoms with E-state index in [4.69, 9.17) is 16.1 Å². The smallest absolute Gasteiger partial charge is 0.258 e. The molecule has 1 atom stereocenters. The fourth-order valence-electron chi connectivity index (χ4n) is 2.50. The van der Waals surface area contributed by atoms with Crippen LogP contribution >= 0.6 is 24.0 Å². The van der Waals surface area contributed by atoms with Crippen LogP contribution in [-0.2, 0) is 9.84 Å². The second kappa shape index (κ2) is 7.37. The van der Waals surface area contributed by atoms with Crippen molar-refractivity contribution < 1.29 is 12.9 Å². The molecular weight excluding hydrogens is 375 g/mol. The van der Waals surface area contributed by atoms with Crippen LogP contribution in [0.3, 0.4) is 0 Å². The second-order valence-electron chi connectivity index (χ2n) is 5.58. The summed E-state index contributed by atoms with van der Waals surface area (Å²) in [6, 6.07) is 4.67. The third-order valence-electron chi connectivity index (χ3n) is 3.83. The summed E-state index contributed by atoms with van der Waals surface area (Å²) in [4.78, 5) is 6.61. The summed E-state index contributed by atoms with van der Waals surface area (Å²) in [6.45, 7) is 2.56. The Kier molecular flexibility index (Phi) is 5.87. The second-order valence-corrected chi connectivity index (χ2v) is 7.97. The van der Waals surface area contributed by atoms with E-state index >= 15 is 0 Å². The SMILES string of the molecule is CN1CCNCC1c1noc(-c2ccc(Cl)c(S(C)(=O)=O)c2)n1.Cl. The maximum Gasteiger partial charge on any atom is 0.258 e. The molecule has 10 heteroatoms. The van der Waals surface area contributed by atoms with Gasteiger partial charge in [0.25, 0.3) is 5.89 Å². The standard InChI is InChI=1S/C14H17ClN4O3S.ClH/c1-19-6-5-16-8-11(19)13-17-14(22-18-13)9-3-4-10(15)12(7-9)23(2,20)21;/h3-4,7,11,16H,5-6,8H2,1-2H3;1H. The van der Waals surface area contributed by atoms with Crippen molar-refractivity contribution in [3.05, 3.63) is 29.0 Å². The van der Waals surface area contributed by atoms with E-state index in [1.807, 2.05) is 7.05 Å². The number of halogens is 2. The van der Waals surface area contributed by atoms with Crippen molar-refractivity contribution in [2.75, 3.05) is 32.9 Å². The van der Waals surface area contributed by atoms with Crippen molar-refractivity contribution in [3.63, 3.8) is 0 Å². The van der Waals surface area contributed by atoms with E-state index in [1.165, 1.54) is 12.1 Å². The van der Waals surface area contributed by atoms with Crippen molar-refractivity contribution in [1.82, 2.24) is 20.4 Å². The highest BCUT2D eigenvalue weighted by molar-refractivity contribution is 7.90. The predicted octanol–water partition coefficient (Wildman–Crippen LogP) is 1.79. The van der Waals surface area contributed by atoms with Gasteiger partial charge in [0.1, 0.15) is 0 Å². The van der Waals surface area contributed by atoms with Crippen molar-refractivity contribution in [2.45, 2.75) is 10.9 Å². The zero-order valence-electron chi connectivity index (χ0n) is 13.2. The lowest BCUT2D eigenvalue weighted by Crippen LogP contribution is -2.44. The lowest BCUT2D eigenvalue weighted by molar-refractivity contribution is 0.190. The molecule has 1 saturated heterocycles. The Hall–Kier alpha value is -1.19. The molecule has 1 unspecified atom stereocenters. The summed E-state index contributed by atoms with van der Waals surface area (Å²) in [7, 11) is -1.42. The minimum atomic E-state index is -3.43. The molecule has 0 radical (unpaired) electrons. The van der Waals surface area contributed by atoms with Gasteiger partial charge in [-0.3, -0.25) is 4.90 Å². The first-order chi connectivity index (χ1) is 10.9. The number of sulfone groups is 1. The van der Waals surface area contributed by atoms with E-state index < -0.39 is 9.84 Å². The number of hydrogen-bond donors (Lipinski definition) is 1. The number of nitrogens with zero attached hydrogens (tertiary/aromatic N) is 3. The predicted molar refractivity (Wildman–Crippen MR) is 93.3 cm³/mol. The van der Waals surface area contributed by atoms with Gasteiger partial charge in [-0.15, -0.1) is 12.4 Å². The van der Waals surface area contributed by atoms with Gasteiger partial charge < -0.3 is 9.84 Å². The molecule has 132 valence electrons. The first-order valence-corrected chi connectivity index (χ1v) is 9.38. The molecule has 1 aliphatic rings. The fourth-order valence-corrected chi connectivity index (χ4v) is 3.80. The number of likely N-dealkylation sites (N-methyl/N-ethyl adjacent to an activating group) is 1. The van der Waals surface area contributed by atoms with Crippen molar-refractivity contribution >= 4 is 33.8 Å². The topological polar surface area (TPSA) is 88.3 Å². The van der Waals surface area contributed by atoms with Gasteiger partial charge >= 0.3 is 0 Å². The van der Waals surface area contributed by atoms with Crippen LogP contribution in [0.2, 0.25) is 5.02 Å². The molecule has 0 saturated carbocycles. The molecule has 1 aliphatic heterocycles. The number of hydrogen-bond acceptors (Lipinski definition) is 7. The molecule has 1 aromatic carbocycles. The van der Waals surface area contributed by atoms with E-state index in [0.29, 0.717) is 11.4 Å². The first kappa shape index (κ1) is 19.1. The Morgan fingerprint density at radius 2 is 2.17 bits per heavy atom. The zero-order valence-corrected chi connectivity index (χ0v) is 15.6. The normalized spacial score (nSPS) is 19.0. The minimum Gasteiger partial charge on any atom is -0.334 e. The van der Waals surface area contributed by atoms with Crippen LogP contribution in [-0.4, -0.2) is 56.4 Å². The number of nitrogens with one attached hydrogen (secondary N) is 1. The quantitative estimate of drug-likeness (QED) is 0.851. The van der Waals surface area contributed by atoms with E-state index in [9.17, 15) is 8.42 Å². The Balaban J connectivity index is 0.00000208. The Morgan fingerprint density at radius 3 is 2.83 bits per heavy atom. The van der Waals surface area contributed by atoms with Gasteiger partial charge in [0, 0.05) is 31.5 Å². The summed E-state index contributed by atoms with van der Waals surface area (Å²) in [5, 5.41) is 7.49. The van der Waals surface area contributed by atoms with Gasteiger partial charge in [0.2, 0.25) is 0 Å². The summed E-state index contributed by atoms with van der Waals surface area (Å²) in [5.41, 5.74) is 0.528. The lowest BCUT2D eigenvalue weighted by Gasteiger charge is -2.30. The van der Waals surface area contributed by atoms with E-state index in [1.54, 1.807) is 6.07 Å². The molecule has 24 heavy (non-hydrogen) atoms. The number of aromatic nitrogens is 2. The summed E-state index contributed by atoms with van der Waals surface area (Å²) in [5.74, 6) is 0.853. The van der Waals surface area contributed by atoms with Crippen LogP contribution in [0.25, 0.3) is 11.5 Å². The Labute approximate surface area is 151 Å². The van der Waals surface area contributed by atoms with Crippen LogP contribution < -0.4 is 5.32 Å². The first-order valence-electron chi connectivity index (χ1n) is 7.11. The fraction of sp³-hybridized carbons (Fsp3) is 0.429. The maximum atomic E-state index is 11.8. The summed E-state index contributed by atoms with van der Waals surface area (Å²) in [6.07, 6.45) is 1.11. The van der Waals surface area contributed by atoms with Gasteiger partial charge in [-0.2, -0.15) is 4.98 Å². The Morgan fingerprint density at radius 1 is 1.42 bits per heavy atom. The molecule has 2 aromatic rings. The monoisotopic (exact) mass is 392 g/mol. The lowest BCUT2D eigenvalue weighted by atomic mass is 10.2. The zero-order chi connectivity index (χ0) is 16.6. The van der Waals surface area contributed by atoms with Gasteiger partial charge in [-0.25, -0.2) is 8.42 Å². The molecule has 3 rings (SSSR count). The van der Waals surface area contributed by atoms with E-state index in [-0.39, 0.29) is 34.3 Å². The number of benzene rings is 1. The molecular formula is C14H18Cl2N4O3S. The molecule has 0 amide bonds. The van der Waals surface area contributed by atoms with Crippen LogP contribution in [0.1, 0.15) is 11.9 Å². The minimum absolute atomic E-state index is 0. The average molecular weight is 393 g/mol. The van der Waals surface area contributed by atoms with Crippen molar-refractivity contribution in [2.24, 2.45) is 0 Å². The third kappa shape index (κ3) is 3.89. The largest absolute Gasteiger partial charge is 0.334 e. The molecule has 2 heterocycles. The van der Waals surface area contributed by atoms with Gasteiger partial charge in [0.05, 0.1) is 16.0 Å². The van der Waals surface area contributed by atoms with Gasteiger partial charge in [-0.05, 0) is 25.2 Å². The average Bonchev–Trinajstić information content (AvgIpc) is 2.96. The van der Waals surface area contributed by atoms with Crippen LogP contribution in [0.5, 0.6) is 0 Å². The van der Waals surface area contributed by atoms with Crippen molar-refractivity contribution in [3.8, 4) is 11.5 Å². The molecule has 1 aromatic heterocycles. The Bertz CT molecular complexity index is 825. The van der Waals surface area contributed by atoms with E-state index in [2.05, 4.69) is 20.4 Å². The third-order valence-corrected chi connectivity index (χ3v) is 5.41. The summed E-state index contributed by atoms with van der Waals surface area (Å²) < 4.78 is 28.8. The highest BCUT2D eigenvalue weighted by Crippen LogP contribution is 2.28. The summed E-state index contributed by atoms with van der Waals surface area (Å²) >= 11 is 5.95. The molecule has 0 bridgehead atoms. The molecule has 7 nitrogen and oxygen atoms in total. The maximum absolute atomic E-state index is 11.8. The number of piperazine rings is 1. The van der Waals surface area contributed by atoms with Gasteiger partial charge in [0.15, 0.2) is 15.7 Å². The molecule has 0 spiro atoms. The number of rotatable bonds is 3. The molecule has 1 N–H and O–H groups in total. The highest BCUT2D eigenvalue weighted by atomic mass is 35.5. The van der Waals surface area contributed by atoms with Gasteiger partial charge in [-0.1, -0.05) is 16.8 Å². The van der Waals surface area contributed by atoms with Crippen LogP contribution in [0, 0.1) is 0 Å². The molecule has 1 fully saturated rings. The van der Waals surface area contributed by atoms with E-state index in [0.717, 1.165) is 25.9 Å². The van der Waals surface area contributed by atoms with Crippen LogP contribution in [0.4, 0.5) is 0 Å². The van der Waals surface area contributed by atoms with Crippen LogP contribution in [0.15, 0.2) is 27.6 Å².